The smallest absolute Gasteiger partial charge is 0.139 e. The Hall–Kier alpha value is -0.920. The summed E-state index contributed by atoms with van der Waals surface area (Å²) in [5.74, 6) is 3.03. The Morgan fingerprint density at radius 1 is 1.00 bits per heavy atom. The summed E-state index contributed by atoms with van der Waals surface area (Å²) >= 11 is 0. The molecule has 4 aliphatic carbocycles. The van der Waals surface area contributed by atoms with Crippen LogP contribution in [0.4, 0.5) is 0 Å². The zero-order valence-electron chi connectivity index (χ0n) is 12.4. The maximum atomic E-state index is 12.3. The predicted octanol–water partition coefficient (Wildman–Crippen LogP) is 3.84. The van der Waals surface area contributed by atoms with E-state index in [9.17, 15) is 9.59 Å². The molecule has 0 saturated heterocycles. The average Bonchev–Trinajstić information content (AvgIpc) is 2.74. The number of hydrogen-bond acceptors (Lipinski definition) is 2. The molecular formula is C18H24O2. The Labute approximate surface area is 121 Å². The lowest BCUT2D eigenvalue weighted by molar-refractivity contribution is -0.129. The van der Waals surface area contributed by atoms with E-state index in [1.54, 1.807) is 5.57 Å². The molecule has 0 N–H and O–H groups in total. The Morgan fingerprint density at radius 2 is 1.85 bits per heavy atom. The molecule has 0 aromatic heterocycles. The molecule has 0 heterocycles. The van der Waals surface area contributed by atoms with Crippen LogP contribution in [0.5, 0.6) is 0 Å². The van der Waals surface area contributed by atoms with Gasteiger partial charge in [-0.15, -0.1) is 0 Å². The van der Waals surface area contributed by atoms with E-state index < -0.39 is 0 Å². The molecule has 0 aliphatic heterocycles. The first-order valence-corrected chi connectivity index (χ1v) is 8.35. The molecular weight excluding hydrogens is 248 g/mol. The van der Waals surface area contributed by atoms with E-state index in [1.165, 1.54) is 18.4 Å². The normalized spacial score (nSPS) is 44.1. The van der Waals surface area contributed by atoms with Gasteiger partial charge in [-0.25, -0.2) is 0 Å². The van der Waals surface area contributed by atoms with Crippen molar-refractivity contribution in [1.29, 1.82) is 0 Å². The highest BCUT2D eigenvalue weighted by Crippen LogP contribution is 2.59. The summed E-state index contributed by atoms with van der Waals surface area (Å²) in [5, 5.41) is 0. The second-order valence-corrected chi connectivity index (χ2v) is 7.68. The van der Waals surface area contributed by atoms with Crippen molar-refractivity contribution in [2.75, 3.05) is 0 Å². The molecule has 108 valence electrons. The molecule has 4 aliphatic rings. The van der Waals surface area contributed by atoms with Gasteiger partial charge in [-0.05, 0) is 56.3 Å². The molecule has 0 bridgehead atoms. The number of allylic oxidation sites excluding steroid dienone is 2. The number of carbonyl (C=O) groups excluding carboxylic acids is 2. The van der Waals surface area contributed by atoms with Gasteiger partial charge >= 0.3 is 0 Å². The van der Waals surface area contributed by atoms with Crippen LogP contribution >= 0.6 is 0 Å². The van der Waals surface area contributed by atoms with Gasteiger partial charge in [0.05, 0.1) is 0 Å². The second-order valence-electron chi connectivity index (χ2n) is 7.68. The fraction of sp³-hybridized carbons (Fsp3) is 0.778. The molecule has 0 aromatic rings. The van der Waals surface area contributed by atoms with E-state index in [1.807, 2.05) is 0 Å². The van der Waals surface area contributed by atoms with E-state index in [0.29, 0.717) is 23.4 Å². The van der Waals surface area contributed by atoms with E-state index in [-0.39, 0.29) is 5.41 Å². The third-order valence-corrected chi connectivity index (χ3v) is 6.91. The van der Waals surface area contributed by atoms with Crippen molar-refractivity contribution in [3.8, 4) is 0 Å². The molecule has 4 atom stereocenters. The van der Waals surface area contributed by atoms with Gasteiger partial charge in [-0.1, -0.05) is 18.1 Å². The van der Waals surface area contributed by atoms with Gasteiger partial charge in [0.2, 0.25) is 0 Å². The Kier molecular flexibility index (Phi) is 2.74. The van der Waals surface area contributed by atoms with Gasteiger partial charge in [0.25, 0.3) is 0 Å². The summed E-state index contributed by atoms with van der Waals surface area (Å²) in [6, 6.07) is 0. The van der Waals surface area contributed by atoms with Gasteiger partial charge in [-0.3, -0.25) is 9.59 Å². The number of ketones is 2. The largest absolute Gasteiger partial charge is 0.299 e. The van der Waals surface area contributed by atoms with Crippen LogP contribution in [0, 0.1) is 23.2 Å². The second kappa shape index (κ2) is 4.29. The molecule has 2 saturated carbocycles. The van der Waals surface area contributed by atoms with Crippen molar-refractivity contribution in [1.82, 2.24) is 0 Å². The quantitative estimate of drug-likeness (QED) is 0.628. The molecule has 2 nitrogen and oxygen atoms in total. The van der Waals surface area contributed by atoms with E-state index >= 15 is 0 Å². The topological polar surface area (TPSA) is 34.1 Å². The first-order valence-electron chi connectivity index (χ1n) is 8.35. The minimum Gasteiger partial charge on any atom is -0.299 e. The van der Waals surface area contributed by atoms with E-state index in [4.69, 9.17) is 0 Å². The van der Waals surface area contributed by atoms with Gasteiger partial charge in [0.15, 0.2) is 0 Å². The number of fused-ring (bicyclic) bond motifs is 4. The highest BCUT2D eigenvalue weighted by molar-refractivity contribution is 5.87. The summed E-state index contributed by atoms with van der Waals surface area (Å²) in [5.41, 5.74) is 3.11. The van der Waals surface area contributed by atoms with Crippen LogP contribution in [0.2, 0.25) is 0 Å². The zero-order chi connectivity index (χ0) is 13.9. The molecule has 0 amide bonds. The van der Waals surface area contributed by atoms with Crippen molar-refractivity contribution in [3.05, 3.63) is 11.1 Å². The summed E-state index contributed by atoms with van der Waals surface area (Å²) in [4.78, 5) is 23.9. The highest BCUT2D eigenvalue weighted by atomic mass is 16.1. The molecule has 0 radical (unpaired) electrons. The lowest BCUT2D eigenvalue weighted by Crippen LogP contribution is -2.44. The number of carbonyl (C=O) groups is 2. The molecule has 4 rings (SSSR count). The highest BCUT2D eigenvalue weighted by Gasteiger charge is 2.54. The molecule has 2 heteroatoms. The van der Waals surface area contributed by atoms with Gasteiger partial charge in [0, 0.05) is 24.7 Å². The van der Waals surface area contributed by atoms with Crippen molar-refractivity contribution in [2.45, 2.75) is 64.7 Å². The van der Waals surface area contributed by atoms with Crippen LogP contribution in [-0.2, 0) is 9.59 Å². The fourth-order valence-corrected chi connectivity index (χ4v) is 5.82. The van der Waals surface area contributed by atoms with Gasteiger partial charge in [0.1, 0.15) is 11.6 Å². The predicted molar refractivity (Wildman–Crippen MR) is 77.2 cm³/mol. The Morgan fingerprint density at radius 3 is 2.70 bits per heavy atom. The van der Waals surface area contributed by atoms with Crippen LogP contribution in [0.3, 0.4) is 0 Å². The SMILES string of the molecule is CC12CCC3C4=C(CCC3C1CCC2=O)CC(=O)CC4. The molecule has 4 unspecified atom stereocenters. The Balaban J connectivity index is 1.67. The summed E-state index contributed by atoms with van der Waals surface area (Å²) in [6.07, 6.45) is 9.09. The van der Waals surface area contributed by atoms with Crippen LogP contribution in [0.15, 0.2) is 11.1 Å². The third kappa shape index (κ3) is 1.63. The van der Waals surface area contributed by atoms with Crippen molar-refractivity contribution >= 4 is 11.6 Å². The molecule has 20 heavy (non-hydrogen) atoms. The summed E-state index contributed by atoms with van der Waals surface area (Å²) in [7, 11) is 0. The number of rotatable bonds is 0. The van der Waals surface area contributed by atoms with Crippen LogP contribution in [0.1, 0.15) is 64.7 Å². The van der Waals surface area contributed by atoms with Gasteiger partial charge in [-0.2, -0.15) is 0 Å². The van der Waals surface area contributed by atoms with Gasteiger partial charge < -0.3 is 0 Å². The molecule has 0 spiro atoms. The van der Waals surface area contributed by atoms with Crippen LogP contribution in [-0.4, -0.2) is 11.6 Å². The maximum absolute atomic E-state index is 12.3. The first-order chi connectivity index (χ1) is 9.59. The summed E-state index contributed by atoms with van der Waals surface area (Å²) in [6.45, 7) is 2.23. The minimum absolute atomic E-state index is 0.0102. The summed E-state index contributed by atoms with van der Waals surface area (Å²) < 4.78 is 0. The van der Waals surface area contributed by atoms with E-state index in [0.717, 1.165) is 50.9 Å². The average molecular weight is 272 g/mol. The van der Waals surface area contributed by atoms with Crippen molar-refractivity contribution < 1.29 is 9.59 Å². The molecule has 0 aromatic carbocycles. The maximum Gasteiger partial charge on any atom is 0.139 e. The van der Waals surface area contributed by atoms with E-state index in [2.05, 4.69) is 6.92 Å². The standard InChI is InChI=1S/C18H24O2/c1-18-9-8-14-13-5-3-12(19)10-11(13)2-4-15(14)16(18)6-7-17(18)20/h14-16H,2-10H2,1H3. The fourth-order valence-electron chi connectivity index (χ4n) is 5.82. The minimum atomic E-state index is -0.0102. The number of hydrogen-bond donors (Lipinski definition) is 0. The lowest BCUT2D eigenvalue weighted by Gasteiger charge is -2.49. The van der Waals surface area contributed by atoms with Crippen LogP contribution < -0.4 is 0 Å². The Bertz CT molecular complexity index is 516. The third-order valence-electron chi connectivity index (χ3n) is 6.91. The van der Waals surface area contributed by atoms with Crippen LogP contribution in [0.25, 0.3) is 0 Å². The zero-order valence-corrected chi connectivity index (χ0v) is 12.4. The molecule has 2 fully saturated rings. The van der Waals surface area contributed by atoms with Crippen molar-refractivity contribution in [3.63, 3.8) is 0 Å². The first kappa shape index (κ1) is 12.8. The monoisotopic (exact) mass is 272 g/mol. The lowest BCUT2D eigenvalue weighted by atomic mass is 9.54. The number of Topliss-reactive ketones (excluding diaryl/α,β-unsaturated/α-hetero) is 2. The van der Waals surface area contributed by atoms with Crippen molar-refractivity contribution in [2.24, 2.45) is 23.2 Å².